The van der Waals surface area contributed by atoms with Gasteiger partial charge >= 0.3 is 0 Å². The molecule has 3 rings (SSSR count). The van der Waals surface area contributed by atoms with Gasteiger partial charge in [-0.2, -0.15) is 0 Å². The molecule has 0 amide bonds. The fourth-order valence-corrected chi connectivity index (χ4v) is 3.92. The summed E-state index contributed by atoms with van der Waals surface area (Å²) in [4.78, 5) is 2.85. The fraction of sp³-hybridized carbons (Fsp3) is 1.00. The minimum Gasteiger partial charge on any atom is -0.381 e. The summed E-state index contributed by atoms with van der Waals surface area (Å²) in [6.45, 7) is 11.5. The highest BCUT2D eigenvalue weighted by molar-refractivity contribution is 5.01. The first-order valence-electron chi connectivity index (χ1n) is 8.18. The Morgan fingerprint density at radius 2 is 1.89 bits per heavy atom. The number of hydrogen-bond donors (Lipinski definition) is 1. The van der Waals surface area contributed by atoms with Crippen molar-refractivity contribution < 1.29 is 4.74 Å². The van der Waals surface area contributed by atoms with E-state index >= 15 is 0 Å². The monoisotopic (exact) mass is 266 g/mol. The molecule has 3 heteroatoms. The Kier molecular flexibility index (Phi) is 3.89. The summed E-state index contributed by atoms with van der Waals surface area (Å²) in [7, 11) is 0. The summed E-state index contributed by atoms with van der Waals surface area (Å²) in [6.07, 6.45) is 5.29. The van der Waals surface area contributed by atoms with Gasteiger partial charge in [-0.25, -0.2) is 0 Å². The molecule has 2 heterocycles. The van der Waals surface area contributed by atoms with Crippen molar-refractivity contribution in [2.75, 3.05) is 26.3 Å². The van der Waals surface area contributed by atoms with E-state index in [1.165, 1.54) is 38.8 Å². The lowest BCUT2D eigenvalue weighted by Crippen LogP contribution is -2.66. The van der Waals surface area contributed by atoms with E-state index in [1.54, 1.807) is 0 Å². The molecular weight excluding hydrogens is 236 g/mol. The van der Waals surface area contributed by atoms with E-state index in [2.05, 4.69) is 31.0 Å². The van der Waals surface area contributed by atoms with Gasteiger partial charge in [0.25, 0.3) is 0 Å². The van der Waals surface area contributed by atoms with Crippen molar-refractivity contribution in [3.05, 3.63) is 0 Å². The number of rotatable bonds is 3. The third-order valence-corrected chi connectivity index (χ3v) is 5.61. The van der Waals surface area contributed by atoms with Crippen LogP contribution in [0.2, 0.25) is 0 Å². The van der Waals surface area contributed by atoms with E-state index in [0.717, 1.165) is 31.1 Å². The SMILES string of the molecule is CC(C)C1CNC(C2CC2)CN1C1(C)CCOCC1. The average molecular weight is 266 g/mol. The Labute approximate surface area is 118 Å². The van der Waals surface area contributed by atoms with Crippen molar-refractivity contribution in [1.29, 1.82) is 0 Å². The molecule has 0 aromatic carbocycles. The second kappa shape index (κ2) is 5.34. The highest BCUT2D eigenvalue weighted by atomic mass is 16.5. The number of piperazine rings is 1. The van der Waals surface area contributed by atoms with Gasteiger partial charge in [-0.15, -0.1) is 0 Å². The standard InChI is InChI=1S/C16H30N2O/c1-12(2)15-10-17-14(13-4-5-13)11-18(15)16(3)6-8-19-9-7-16/h12-15,17H,4-11H2,1-3H3. The first-order valence-corrected chi connectivity index (χ1v) is 8.18. The molecule has 3 nitrogen and oxygen atoms in total. The predicted molar refractivity (Wildman–Crippen MR) is 78.3 cm³/mol. The largest absolute Gasteiger partial charge is 0.381 e. The Bertz CT molecular complexity index is 308. The number of nitrogens with zero attached hydrogens (tertiary/aromatic N) is 1. The highest BCUT2D eigenvalue weighted by Gasteiger charge is 2.45. The molecule has 0 spiro atoms. The van der Waals surface area contributed by atoms with E-state index in [9.17, 15) is 0 Å². The fourth-order valence-electron chi connectivity index (χ4n) is 3.92. The molecular formula is C16H30N2O. The molecule has 1 saturated carbocycles. The third kappa shape index (κ3) is 2.84. The maximum atomic E-state index is 5.60. The number of hydrogen-bond acceptors (Lipinski definition) is 3. The topological polar surface area (TPSA) is 24.5 Å². The van der Waals surface area contributed by atoms with Gasteiger partial charge in [-0.3, -0.25) is 4.90 Å². The van der Waals surface area contributed by atoms with Gasteiger partial charge in [0.1, 0.15) is 0 Å². The van der Waals surface area contributed by atoms with Crippen molar-refractivity contribution in [1.82, 2.24) is 10.2 Å². The average Bonchev–Trinajstić information content (AvgIpc) is 3.23. The molecule has 0 bridgehead atoms. The molecule has 1 aliphatic carbocycles. The maximum Gasteiger partial charge on any atom is 0.0483 e. The number of ether oxygens (including phenoxy) is 1. The summed E-state index contributed by atoms with van der Waals surface area (Å²) < 4.78 is 5.60. The van der Waals surface area contributed by atoms with Crippen LogP contribution in [0.15, 0.2) is 0 Å². The van der Waals surface area contributed by atoms with E-state index in [4.69, 9.17) is 4.74 Å². The molecule has 2 unspecified atom stereocenters. The van der Waals surface area contributed by atoms with Gasteiger partial charge in [0, 0.05) is 43.9 Å². The van der Waals surface area contributed by atoms with Crippen LogP contribution in [0.1, 0.15) is 46.5 Å². The van der Waals surface area contributed by atoms with Crippen LogP contribution in [0.5, 0.6) is 0 Å². The lowest BCUT2D eigenvalue weighted by atomic mass is 9.84. The van der Waals surface area contributed by atoms with Gasteiger partial charge in [-0.05, 0) is 44.4 Å². The summed E-state index contributed by atoms with van der Waals surface area (Å²) in [5.41, 5.74) is 0.364. The summed E-state index contributed by atoms with van der Waals surface area (Å²) in [5.74, 6) is 1.69. The van der Waals surface area contributed by atoms with Crippen molar-refractivity contribution in [2.24, 2.45) is 11.8 Å². The molecule has 2 atom stereocenters. The van der Waals surface area contributed by atoms with Gasteiger partial charge in [-0.1, -0.05) is 13.8 Å². The summed E-state index contributed by atoms with van der Waals surface area (Å²) in [5, 5.41) is 3.83. The van der Waals surface area contributed by atoms with Gasteiger partial charge in [0.15, 0.2) is 0 Å². The lowest BCUT2D eigenvalue weighted by molar-refractivity contribution is -0.0646. The van der Waals surface area contributed by atoms with Crippen molar-refractivity contribution in [3.63, 3.8) is 0 Å². The number of nitrogens with one attached hydrogen (secondary N) is 1. The van der Waals surface area contributed by atoms with Gasteiger partial charge in [0.2, 0.25) is 0 Å². The second-order valence-corrected chi connectivity index (χ2v) is 7.43. The second-order valence-electron chi connectivity index (χ2n) is 7.43. The summed E-state index contributed by atoms with van der Waals surface area (Å²) >= 11 is 0. The van der Waals surface area contributed by atoms with Gasteiger partial charge in [0.05, 0.1) is 0 Å². The van der Waals surface area contributed by atoms with Gasteiger partial charge < -0.3 is 10.1 Å². The molecule has 0 radical (unpaired) electrons. The Hall–Kier alpha value is -0.120. The normalized spacial score (nSPS) is 36.6. The molecule has 3 fully saturated rings. The van der Waals surface area contributed by atoms with Crippen molar-refractivity contribution in [2.45, 2.75) is 64.1 Å². The quantitative estimate of drug-likeness (QED) is 0.848. The minimum absolute atomic E-state index is 0.364. The molecule has 2 saturated heterocycles. The van der Waals surface area contributed by atoms with Crippen LogP contribution in [0.3, 0.4) is 0 Å². The minimum atomic E-state index is 0.364. The molecule has 0 aromatic rings. The zero-order valence-electron chi connectivity index (χ0n) is 12.8. The first kappa shape index (κ1) is 13.8. The molecule has 110 valence electrons. The van der Waals surface area contributed by atoms with Crippen LogP contribution in [0.4, 0.5) is 0 Å². The maximum absolute atomic E-state index is 5.60. The smallest absolute Gasteiger partial charge is 0.0483 e. The van der Waals surface area contributed by atoms with Crippen LogP contribution < -0.4 is 5.32 Å². The lowest BCUT2D eigenvalue weighted by Gasteiger charge is -2.53. The summed E-state index contributed by atoms with van der Waals surface area (Å²) in [6, 6.07) is 1.44. The van der Waals surface area contributed by atoms with E-state index in [1.807, 2.05) is 0 Å². The van der Waals surface area contributed by atoms with E-state index < -0.39 is 0 Å². The third-order valence-electron chi connectivity index (χ3n) is 5.61. The Morgan fingerprint density at radius 1 is 1.21 bits per heavy atom. The van der Waals surface area contributed by atoms with Crippen LogP contribution in [-0.2, 0) is 4.74 Å². The Balaban J connectivity index is 1.75. The van der Waals surface area contributed by atoms with Crippen LogP contribution >= 0.6 is 0 Å². The molecule has 3 aliphatic rings. The van der Waals surface area contributed by atoms with E-state index in [-0.39, 0.29) is 0 Å². The van der Waals surface area contributed by atoms with Crippen LogP contribution in [0, 0.1) is 11.8 Å². The van der Waals surface area contributed by atoms with Crippen molar-refractivity contribution in [3.8, 4) is 0 Å². The zero-order valence-corrected chi connectivity index (χ0v) is 12.8. The molecule has 1 N–H and O–H groups in total. The highest BCUT2D eigenvalue weighted by Crippen LogP contribution is 2.38. The molecule has 19 heavy (non-hydrogen) atoms. The molecule has 0 aromatic heterocycles. The van der Waals surface area contributed by atoms with Crippen LogP contribution in [-0.4, -0.2) is 48.8 Å². The predicted octanol–water partition coefficient (Wildman–Crippen LogP) is 2.26. The van der Waals surface area contributed by atoms with E-state index in [0.29, 0.717) is 11.6 Å². The molecule has 2 aliphatic heterocycles. The first-order chi connectivity index (χ1) is 9.10. The Morgan fingerprint density at radius 3 is 2.47 bits per heavy atom. The zero-order chi connectivity index (χ0) is 13.5. The van der Waals surface area contributed by atoms with Crippen molar-refractivity contribution >= 4 is 0 Å². The van der Waals surface area contributed by atoms with Crippen LogP contribution in [0.25, 0.3) is 0 Å².